The number of nitrogens with one attached hydrogen (secondary N) is 2. The van der Waals surface area contributed by atoms with Crippen molar-refractivity contribution < 1.29 is 27.9 Å². The summed E-state index contributed by atoms with van der Waals surface area (Å²) in [5, 5.41) is 15.1. The van der Waals surface area contributed by atoms with Crippen LogP contribution in [0, 0.1) is 0 Å². The number of carbonyl (C=O) groups is 2. The van der Waals surface area contributed by atoms with E-state index in [0.29, 0.717) is 5.56 Å². The van der Waals surface area contributed by atoms with Gasteiger partial charge >= 0.3 is 6.18 Å². The number of amides is 2. The molecule has 8 heteroatoms. The zero-order valence-electron chi connectivity index (χ0n) is 17.9. The number of hydrogen-bond donors (Lipinski definition) is 3. The van der Waals surface area contributed by atoms with Crippen LogP contribution in [0.1, 0.15) is 60.8 Å². The molecule has 0 saturated heterocycles. The quantitative estimate of drug-likeness (QED) is 0.641. The van der Waals surface area contributed by atoms with E-state index in [2.05, 4.69) is 31.4 Å². The lowest BCUT2D eigenvalue weighted by molar-refractivity contribution is -0.139. The molecule has 2 aromatic carbocycles. The third-order valence-corrected chi connectivity index (χ3v) is 4.85. The highest BCUT2D eigenvalue weighted by molar-refractivity contribution is 5.97. The van der Waals surface area contributed by atoms with Crippen molar-refractivity contribution >= 4 is 11.8 Å². The van der Waals surface area contributed by atoms with E-state index in [9.17, 15) is 27.9 Å². The fourth-order valence-corrected chi connectivity index (χ4v) is 2.97. The molecule has 3 N–H and O–H groups in total. The molecule has 2 atom stereocenters. The Hall–Kier alpha value is -2.87. The van der Waals surface area contributed by atoms with E-state index >= 15 is 0 Å². The van der Waals surface area contributed by atoms with Crippen molar-refractivity contribution in [3.63, 3.8) is 0 Å². The van der Waals surface area contributed by atoms with E-state index in [-0.39, 0.29) is 11.0 Å². The summed E-state index contributed by atoms with van der Waals surface area (Å²) in [5.41, 5.74) is 0.0887. The first-order valence-electron chi connectivity index (χ1n) is 9.84. The molecule has 2 amide bonds. The van der Waals surface area contributed by atoms with E-state index in [1.54, 1.807) is 12.1 Å². The van der Waals surface area contributed by atoms with Crippen molar-refractivity contribution in [2.24, 2.45) is 0 Å². The summed E-state index contributed by atoms with van der Waals surface area (Å²) >= 11 is 0. The molecule has 0 aliphatic rings. The van der Waals surface area contributed by atoms with Gasteiger partial charge in [-0.3, -0.25) is 9.59 Å². The minimum absolute atomic E-state index is 0.0618. The Labute approximate surface area is 179 Å². The Morgan fingerprint density at radius 2 is 1.58 bits per heavy atom. The smallest absolute Gasteiger partial charge is 0.387 e. The average Bonchev–Trinajstić information content (AvgIpc) is 2.70. The zero-order chi connectivity index (χ0) is 23.4. The molecule has 0 radical (unpaired) electrons. The Kier molecular flexibility index (Phi) is 7.49. The molecule has 5 nitrogen and oxygen atoms in total. The summed E-state index contributed by atoms with van der Waals surface area (Å²) in [6.07, 6.45) is -6.17. The lowest BCUT2D eigenvalue weighted by Gasteiger charge is -2.20. The fourth-order valence-electron chi connectivity index (χ4n) is 2.97. The number of hydrogen-bond acceptors (Lipinski definition) is 3. The summed E-state index contributed by atoms with van der Waals surface area (Å²) in [6.45, 7) is 7.18. The number of halogens is 3. The largest absolute Gasteiger partial charge is 0.416 e. The van der Waals surface area contributed by atoms with E-state index in [1.807, 2.05) is 12.1 Å². The van der Waals surface area contributed by atoms with Crippen LogP contribution < -0.4 is 10.6 Å². The molecule has 0 aliphatic heterocycles. The third kappa shape index (κ3) is 6.55. The van der Waals surface area contributed by atoms with E-state index in [1.165, 1.54) is 19.1 Å². The van der Waals surface area contributed by atoms with Gasteiger partial charge in [-0.2, -0.15) is 13.2 Å². The summed E-state index contributed by atoms with van der Waals surface area (Å²) in [6, 6.07) is 10.7. The number of benzene rings is 2. The molecule has 168 valence electrons. The van der Waals surface area contributed by atoms with Gasteiger partial charge in [0, 0.05) is 12.1 Å². The fraction of sp³-hybridized carbons (Fsp3) is 0.391. The molecule has 0 bridgehead atoms. The number of aliphatic hydroxyl groups is 1. The Morgan fingerprint density at radius 1 is 1.00 bits per heavy atom. The van der Waals surface area contributed by atoms with Crippen molar-refractivity contribution in [2.45, 2.75) is 51.4 Å². The van der Waals surface area contributed by atoms with Crippen LogP contribution in [0.3, 0.4) is 0 Å². The standard InChI is InChI=1S/C23H27F3N2O3/c1-14(28-21(31)15-9-11-16(12-10-15)22(2,3)4)20(30)27-13-19(29)17-7-5-6-8-18(17)23(24,25)26/h5-12,14,19,29H,13H2,1-4H3,(H,27,30)(H,28,31). The molecule has 0 aromatic heterocycles. The van der Waals surface area contributed by atoms with Crippen LogP contribution in [-0.2, 0) is 16.4 Å². The topological polar surface area (TPSA) is 78.4 Å². The van der Waals surface area contributed by atoms with Gasteiger partial charge in [-0.1, -0.05) is 51.1 Å². The second-order valence-electron chi connectivity index (χ2n) is 8.37. The Morgan fingerprint density at radius 3 is 2.13 bits per heavy atom. The SMILES string of the molecule is CC(NC(=O)c1ccc(C(C)(C)C)cc1)C(=O)NCC(O)c1ccccc1C(F)(F)F. The van der Waals surface area contributed by atoms with Gasteiger partial charge in [0.2, 0.25) is 5.91 Å². The van der Waals surface area contributed by atoms with Crippen molar-refractivity contribution in [1.82, 2.24) is 10.6 Å². The van der Waals surface area contributed by atoms with E-state index in [0.717, 1.165) is 17.7 Å². The molecule has 2 rings (SSSR count). The first-order chi connectivity index (χ1) is 14.3. The van der Waals surface area contributed by atoms with Gasteiger partial charge in [0.15, 0.2) is 0 Å². The highest BCUT2D eigenvalue weighted by Gasteiger charge is 2.34. The van der Waals surface area contributed by atoms with Crippen LogP contribution >= 0.6 is 0 Å². The Bertz CT molecular complexity index is 919. The molecule has 0 fully saturated rings. The summed E-state index contributed by atoms with van der Waals surface area (Å²) in [5.74, 6) is -1.07. The minimum atomic E-state index is -4.62. The maximum atomic E-state index is 13.1. The minimum Gasteiger partial charge on any atom is -0.387 e. The van der Waals surface area contributed by atoms with Crippen LogP contribution in [0.25, 0.3) is 0 Å². The van der Waals surface area contributed by atoms with Crippen molar-refractivity contribution in [2.75, 3.05) is 6.54 Å². The first-order valence-corrected chi connectivity index (χ1v) is 9.84. The maximum Gasteiger partial charge on any atom is 0.416 e. The van der Waals surface area contributed by atoms with Gasteiger partial charge in [0.05, 0.1) is 11.7 Å². The molecule has 0 saturated carbocycles. The summed E-state index contributed by atoms with van der Waals surface area (Å²) in [7, 11) is 0. The maximum absolute atomic E-state index is 13.1. The predicted molar refractivity (Wildman–Crippen MR) is 111 cm³/mol. The molecule has 2 aromatic rings. The number of rotatable bonds is 6. The van der Waals surface area contributed by atoms with Gasteiger partial charge < -0.3 is 15.7 Å². The summed E-state index contributed by atoms with van der Waals surface area (Å²) < 4.78 is 39.3. The van der Waals surface area contributed by atoms with Crippen LogP contribution in [0.15, 0.2) is 48.5 Å². The molecule has 0 aliphatic carbocycles. The highest BCUT2D eigenvalue weighted by Crippen LogP contribution is 2.34. The van der Waals surface area contributed by atoms with Crippen LogP contribution in [-0.4, -0.2) is 29.5 Å². The number of carbonyl (C=O) groups excluding carboxylic acids is 2. The van der Waals surface area contributed by atoms with Gasteiger partial charge in [-0.05, 0) is 41.7 Å². The molecule has 2 unspecified atom stereocenters. The van der Waals surface area contributed by atoms with E-state index < -0.39 is 42.2 Å². The monoisotopic (exact) mass is 436 g/mol. The van der Waals surface area contributed by atoms with Crippen molar-refractivity contribution in [3.05, 3.63) is 70.8 Å². The normalized spacial score (nSPS) is 13.9. The van der Waals surface area contributed by atoms with Gasteiger partial charge in [0.25, 0.3) is 5.91 Å². The van der Waals surface area contributed by atoms with Gasteiger partial charge in [-0.25, -0.2) is 0 Å². The van der Waals surface area contributed by atoms with E-state index in [4.69, 9.17) is 0 Å². The van der Waals surface area contributed by atoms with Gasteiger partial charge in [-0.15, -0.1) is 0 Å². The number of aliphatic hydroxyl groups excluding tert-OH is 1. The second-order valence-corrected chi connectivity index (χ2v) is 8.37. The van der Waals surface area contributed by atoms with Crippen LogP contribution in [0.2, 0.25) is 0 Å². The van der Waals surface area contributed by atoms with Crippen molar-refractivity contribution in [1.29, 1.82) is 0 Å². The van der Waals surface area contributed by atoms with Gasteiger partial charge in [0.1, 0.15) is 6.04 Å². The third-order valence-electron chi connectivity index (χ3n) is 4.85. The molecule has 0 spiro atoms. The molecule has 31 heavy (non-hydrogen) atoms. The second kappa shape index (κ2) is 9.51. The number of alkyl halides is 3. The van der Waals surface area contributed by atoms with Crippen LogP contribution in [0.5, 0.6) is 0 Å². The highest BCUT2D eigenvalue weighted by atomic mass is 19.4. The average molecular weight is 436 g/mol. The lowest BCUT2D eigenvalue weighted by Crippen LogP contribution is -2.45. The molecule has 0 heterocycles. The predicted octanol–water partition coefficient (Wildman–Crippen LogP) is 3.97. The van der Waals surface area contributed by atoms with Crippen molar-refractivity contribution in [3.8, 4) is 0 Å². The zero-order valence-corrected chi connectivity index (χ0v) is 17.9. The molecular formula is C23H27F3N2O3. The lowest BCUT2D eigenvalue weighted by atomic mass is 9.86. The molecular weight excluding hydrogens is 409 g/mol. The Balaban J connectivity index is 1.95. The van der Waals surface area contributed by atoms with Crippen LogP contribution in [0.4, 0.5) is 13.2 Å². The summed E-state index contributed by atoms with van der Waals surface area (Å²) in [4.78, 5) is 24.6. The first kappa shape index (κ1) is 24.4.